The van der Waals surface area contributed by atoms with Crippen molar-refractivity contribution in [3.8, 4) is 5.75 Å². The molecule has 0 saturated carbocycles. The Balaban J connectivity index is 1.81. The van der Waals surface area contributed by atoms with Crippen LogP contribution >= 0.6 is 0 Å². The van der Waals surface area contributed by atoms with E-state index in [0.29, 0.717) is 29.2 Å². The number of alkyl carbamates (subject to hydrolysis) is 1. The van der Waals surface area contributed by atoms with Crippen LogP contribution in [0.1, 0.15) is 71.4 Å². The maximum atomic E-state index is 12.5. The number of anilines is 1. The van der Waals surface area contributed by atoms with Gasteiger partial charge < -0.3 is 24.3 Å². The number of hydrogen-bond acceptors (Lipinski definition) is 8. The van der Waals surface area contributed by atoms with Crippen LogP contribution in [0.25, 0.3) is 0 Å². The fourth-order valence-corrected chi connectivity index (χ4v) is 3.67. The Morgan fingerprint density at radius 2 is 1.47 bits per heavy atom. The van der Waals surface area contributed by atoms with Gasteiger partial charge in [0.25, 0.3) is 0 Å². The van der Waals surface area contributed by atoms with Crippen molar-refractivity contribution in [1.82, 2.24) is 5.32 Å². The number of amides is 2. The summed E-state index contributed by atoms with van der Waals surface area (Å²) in [6, 6.07) is 23.7. The van der Waals surface area contributed by atoms with Crippen LogP contribution in [0.15, 0.2) is 83.9 Å². The summed E-state index contributed by atoms with van der Waals surface area (Å²) >= 11 is 0. The second-order valence-electron chi connectivity index (χ2n) is 11.6. The molecule has 0 heterocycles. The summed E-state index contributed by atoms with van der Waals surface area (Å²) in [5.74, 6) is 0.0970. The van der Waals surface area contributed by atoms with Gasteiger partial charge in [0, 0.05) is 23.7 Å². The molecule has 0 bridgehead atoms. The molecular weight excluding hydrogens is 550 g/mol. The summed E-state index contributed by atoms with van der Waals surface area (Å²) in [6.45, 7) is 12.0. The number of hydrogen-bond donors (Lipinski definition) is 2. The number of aliphatic imine (C=N–C) groups is 1. The Kier molecular flexibility index (Phi) is 10.9. The van der Waals surface area contributed by atoms with Gasteiger partial charge in [-0.15, -0.1) is 0 Å². The zero-order chi connectivity index (χ0) is 31.6. The lowest BCUT2D eigenvalue weighted by Crippen LogP contribution is -2.37. The van der Waals surface area contributed by atoms with E-state index in [1.165, 1.54) is 6.92 Å². The number of amidine groups is 1. The van der Waals surface area contributed by atoms with Crippen molar-refractivity contribution in [2.24, 2.45) is 4.99 Å². The van der Waals surface area contributed by atoms with Crippen LogP contribution in [0, 0.1) is 0 Å². The molecule has 0 aliphatic heterocycles. The lowest BCUT2D eigenvalue weighted by Gasteiger charge is -2.22. The number of nitrogens with zero attached hydrogens (tertiary/aromatic N) is 1. The van der Waals surface area contributed by atoms with E-state index < -0.39 is 35.6 Å². The Labute approximate surface area is 252 Å². The molecule has 228 valence electrons. The Morgan fingerprint density at radius 3 is 2.07 bits per heavy atom. The SMILES string of the molecule is CC(=O)OC(Nc1ccc(C(=NC(=O)OC(C)(C)C)NC(=O)OC(C)(C)C)cc1)c1cccc(OCc2ccccc2)c1. The van der Waals surface area contributed by atoms with Crippen LogP contribution in [0.4, 0.5) is 15.3 Å². The molecule has 1 atom stereocenters. The van der Waals surface area contributed by atoms with Crippen molar-refractivity contribution in [3.05, 3.63) is 95.6 Å². The van der Waals surface area contributed by atoms with E-state index >= 15 is 0 Å². The van der Waals surface area contributed by atoms with Crippen molar-refractivity contribution in [1.29, 1.82) is 0 Å². The van der Waals surface area contributed by atoms with E-state index in [0.717, 1.165) is 5.56 Å². The van der Waals surface area contributed by atoms with Gasteiger partial charge in [-0.25, -0.2) is 9.59 Å². The molecule has 43 heavy (non-hydrogen) atoms. The highest BCUT2D eigenvalue weighted by Gasteiger charge is 2.22. The van der Waals surface area contributed by atoms with E-state index in [1.807, 2.05) is 48.5 Å². The number of benzene rings is 3. The maximum Gasteiger partial charge on any atom is 0.436 e. The van der Waals surface area contributed by atoms with Crippen molar-refractivity contribution >= 4 is 29.7 Å². The standard InChI is InChI=1S/C33H39N3O7/c1-22(37)41-29(25-14-11-15-27(20-25)40-21-23-12-9-8-10-13-23)34-26-18-16-24(17-19-26)28(35-30(38)42-32(2,3)4)36-31(39)43-33(5,6)7/h8-20,29,34H,21H2,1-7H3,(H,35,36,38,39). The molecule has 0 spiro atoms. The quantitative estimate of drug-likeness (QED) is 0.0934. The van der Waals surface area contributed by atoms with Gasteiger partial charge in [-0.1, -0.05) is 42.5 Å². The minimum Gasteiger partial charge on any atom is -0.489 e. The first-order chi connectivity index (χ1) is 20.2. The number of esters is 1. The van der Waals surface area contributed by atoms with E-state index in [4.69, 9.17) is 18.9 Å². The molecule has 0 saturated heterocycles. The zero-order valence-electron chi connectivity index (χ0n) is 25.6. The summed E-state index contributed by atoms with van der Waals surface area (Å²) in [5, 5.41) is 5.73. The number of rotatable bonds is 8. The van der Waals surface area contributed by atoms with Crippen LogP contribution in [0.3, 0.4) is 0 Å². The highest BCUT2D eigenvalue weighted by Crippen LogP contribution is 2.26. The third-order valence-electron chi connectivity index (χ3n) is 5.37. The van der Waals surface area contributed by atoms with E-state index in [1.54, 1.807) is 71.9 Å². The summed E-state index contributed by atoms with van der Waals surface area (Å²) < 4.78 is 22.1. The normalized spacial score (nSPS) is 12.5. The molecular formula is C33H39N3O7. The maximum absolute atomic E-state index is 12.5. The van der Waals surface area contributed by atoms with Gasteiger partial charge >= 0.3 is 18.2 Å². The van der Waals surface area contributed by atoms with Crippen LogP contribution < -0.4 is 15.4 Å². The first kappa shape index (κ1) is 32.7. The van der Waals surface area contributed by atoms with E-state index in [9.17, 15) is 14.4 Å². The third kappa shape index (κ3) is 11.9. The van der Waals surface area contributed by atoms with Gasteiger partial charge in [0.2, 0.25) is 0 Å². The molecule has 0 aromatic heterocycles. The number of ether oxygens (including phenoxy) is 4. The van der Waals surface area contributed by atoms with Gasteiger partial charge in [-0.05, 0) is 83.5 Å². The second kappa shape index (κ2) is 14.4. The summed E-state index contributed by atoms with van der Waals surface area (Å²) in [4.78, 5) is 40.9. The number of nitrogens with one attached hydrogen (secondary N) is 2. The predicted octanol–water partition coefficient (Wildman–Crippen LogP) is 7.15. The first-order valence-corrected chi connectivity index (χ1v) is 13.8. The van der Waals surface area contributed by atoms with Crippen LogP contribution in [0.5, 0.6) is 5.75 Å². The molecule has 0 radical (unpaired) electrons. The zero-order valence-corrected chi connectivity index (χ0v) is 25.6. The summed E-state index contributed by atoms with van der Waals surface area (Å²) in [5.41, 5.74) is 1.18. The largest absolute Gasteiger partial charge is 0.489 e. The molecule has 2 N–H and O–H groups in total. The monoisotopic (exact) mass is 589 g/mol. The summed E-state index contributed by atoms with van der Waals surface area (Å²) in [7, 11) is 0. The molecule has 10 nitrogen and oxygen atoms in total. The van der Waals surface area contributed by atoms with Crippen LogP contribution in [-0.4, -0.2) is 35.2 Å². The minimum absolute atomic E-state index is 0.0464. The van der Waals surface area contributed by atoms with E-state index in [-0.39, 0.29) is 5.84 Å². The average Bonchev–Trinajstić information content (AvgIpc) is 2.90. The summed E-state index contributed by atoms with van der Waals surface area (Å²) in [6.07, 6.45) is -2.47. The molecule has 10 heteroatoms. The predicted molar refractivity (Wildman–Crippen MR) is 164 cm³/mol. The third-order valence-corrected chi connectivity index (χ3v) is 5.37. The van der Waals surface area contributed by atoms with Crippen molar-refractivity contribution < 1.29 is 33.3 Å². The lowest BCUT2D eigenvalue weighted by molar-refractivity contribution is -0.145. The Bertz CT molecular complexity index is 1420. The highest BCUT2D eigenvalue weighted by molar-refractivity contribution is 6.10. The van der Waals surface area contributed by atoms with E-state index in [2.05, 4.69) is 15.6 Å². The molecule has 0 aliphatic carbocycles. The first-order valence-electron chi connectivity index (χ1n) is 13.8. The average molecular weight is 590 g/mol. The van der Waals surface area contributed by atoms with Crippen molar-refractivity contribution in [2.45, 2.75) is 72.5 Å². The van der Waals surface area contributed by atoms with Gasteiger partial charge in [0.15, 0.2) is 6.23 Å². The molecule has 3 aromatic carbocycles. The minimum atomic E-state index is -0.870. The van der Waals surface area contributed by atoms with Gasteiger partial charge in [-0.3, -0.25) is 10.1 Å². The fourth-order valence-electron chi connectivity index (χ4n) is 3.67. The van der Waals surface area contributed by atoms with Crippen LogP contribution in [0.2, 0.25) is 0 Å². The number of carbonyl (C=O) groups is 3. The van der Waals surface area contributed by atoms with Gasteiger partial charge in [-0.2, -0.15) is 4.99 Å². The Hall–Kier alpha value is -4.86. The molecule has 1 unspecified atom stereocenters. The van der Waals surface area contributed by atoms with Crippen molar-refractivity contribution in [3.63, 3.8) is 0 Å². The molecule has 0 aliphatic rings. The molecule has 3 rings (SSSR count). The number of carbonyl (C=O) groups excluding carboxylic acids is 3. The molecule has 2 amide bonds. The fraction of sp³-hybridized carbons (Fsp3) is 0.333. The smallest absolute Gasteiger partial charge is 0.436 e. The molecule has 3 aromatic rings. The topological polar surface area (TPSA) is 125 Å². The highest BCUT2D eigenvalue weighted by atomic mass is 16.6. The Morgan fingerprint density at radius 1 is 0.814 bits per heavy atom. The molecule has 0 fully saturated rings. The van der Waals surface area contributed by atoms with Gasteiger partial charge in [0.05, 0.1) is 0 Å². The second-order valence-corrected chi connectivity index (χ2v) is 11.6. The van der Waals surface area contributed by atoms with Gasteiger partial charge in [0.1, 0.15) is 29.4 Å². The van der Waals surface area contributed by atoms with Crippen molar-refractivity contribution in [2.75, 3.05) is 5.32 Å². The lowest BCUT2D eigenvalue weighted by atomic mass is 10.1. The van der Waals surface area contributed by atoms with Crippen LogP contribution in [-0.2, 0) is 25.6 Å².